The number of carbonyl (C=O) groups excluding carboxylic acids is 3. The zero-order valence-electron chi connectivity index (χ0n) is 14.3. The molecule has 0 radical (unpaired) electrons. The Labute approximate surface area is 150 Å². The second-order valence-corrected chi connectivity index (χ2v) is 5.73. The van der Waals surface area contributed by atoms with Crippen LogP contribution in [0.5, 0.6) is 5.75 Å². The van der Waals surface area contributed by atoms with E-state index < -0.39 is 0 Å². The van der Waals surface area contributed by atoms with Gasteiger partial charge in [0.2, 0.25) is 0 Å². The highest BCUT2D eigenvalue weighted by molar-refractivity contribution is 6.21. The lowest BCUT2D eigenvalue weighted by molar-refractivity contribution is 0.0656. The minimum Gasteiger partial charge on any atom is -0.496 e. The minimum absolute atomic E-state index is 0.119. The third-order valence-corrected chi connectivity index (χ3v) is 4.13. The maximum Gasteiger partial charge on any atom is 0.315 e. The molecule has 0 atom stereocenters. The molecule has 1 heterocycles. The fourth-order valence-electron chi connectivity index (χ4n) is 2.81. The number of imide groups is 1. The molecule has 0 aliphatic carbocycles. The molecule has 0 saturated heterocycles. The molecular formula is C19H19N3O4. The minimum atomic E-state index is -0.382. The molecule has 0 unspecified atom stereocenters. The highest BCUT2D eigenvalue weighted by Gasteiger charge is 2.34. The summed E-state index contributed by atoms with van der Waals surface area (Å²) < 4.78 is 5.23. The molecule has 0 bridgehead atoms. The molecule has 0 spiro atoms. The zero-order valence-corrected chi connectivity index (χ0v) is 14.3. The molecule has 0 aromatic heterocycles. The molecular weight excluding hydrogens is 334 g/mol. The number of fused-ring (bicyclic) bond motifs is 1. The third kappa shape index (κ3) is 3.51. The maximum atomic E-state index is 12.2. The number of methoxy groups -OCH3 is 1. The van der Waals surface area contributed by atoms with Gasteiger partial charge in [-0.15, -0.1) is 0 Å². The van der Waals surface area contributed by atoms with E-state index in [-0.39, 0.29) is 30.9 Å². The van der Waals surface area contributed by atoms with Crippen molar-refractivity contribution in [2.24, 2.45) is 0 Å². The predicted octanol–water partition coefficient (Wildman–Crippen LogP) is 1.79. The van der Waals surface area contributed by atoms with Crippen molar-refractivity contribution in [3.63, 3.8) is 0 Å². The summed E-state index contributed by atoms with van der Waals surface area (Å²) in [6.45, 7) is 0.598. The van der Waals surface area contributed by atoms with Gasteiger partial charge in [0.05, 0.1) is 18.2 Å². The van der Waals surface area contributed by atoms with Crippen LogP contribution in [0.25, 0.3) is 0 Å². The Kier molecular flexibility index (Phi) is 5.17. The van der Waals surface area contributed by atoms with Crippen molar-refractivity contribution in [3.05, 3.63) is 65.2 Å². The van der Waals surface area contributed by atoms with Crippen LogP contribution in [0, 0.1) is 0 Å². The summed E-state index contributed by atoms with van der Waals surface area (Å²) in [5.74, 6) is 0.0301. The van der Waals surface area contributed by atoms with E-state index in [4.69, 9.17) is 4.74 Å². The van der Waals surface area contributed by atoms with Crippen LogP contribution < -0.4 is 15.4 Å². The quantitative estimate of drug-likeness (QED) is 0.775. The van der Waals surface area contributed by atoms with Gasteiger partial charge in [0.15, 0.2) is 0 Å². The van der Waals surface area contributed by atoms with E-state index in [1.54, 1.807) is 31.4 Å². The first kappa shape index (κ1) is 17.5. The van der Waals surface area contributed by atoms with E-state index in [0.717, 1.165) is 10.5 Å². The van der Waals surface area contributed by atoms with Gasteiger partial charge < -0.3 is 15.4 Å². The molecule has 0 saturated carbocycles. The van der Waals surface area contributed by atoms with E-state index in [1.165, 1.54) is 0 Å². The Balaban J connectivity index is 1.47. The lowest BCUT2D eigenvalue weighted by Gasteiger charge is -2.15. The summed E-state index contributed by atoms with van der Waals surface area (Å²) in [5.41, 5.74) is 1.65. The average molecular weight is 353 g/mol. The highest BCUT2D eigenvalue weighted by Crippen LogP contribution is 2.21. The van der Waals surface area contributed by atoms with Crippen molar-refractivity contribution in [2.45, 2.75) is 6.54 Å². The summed E-state index contributed by atoms with van der Waals surface area (Å²) in [6, 6.07) is 13.7. The number of carbonyl (C=O) groups is 3. The van der Waals surface area contributed by atoms with Crippen LogP contribution in [0.2, 0.25) is 0 Å². The molecule has 2 aromatic rings. The molecule has 2 aromatic carbocycles. The first-order valence-electron chi connectivity index (χ1n) is 8.20. The van der Waals surface area contributed by atoms with Gasteiger partial charge in [-0.3, -0.25) is 14.5 Å². The van der Waals surface area contributed by atoms with Gasteiger partial charge in [-0.25, -0.2) is 4.79 Å². The first-order valence-corrected chi connectivity index (χ1v) is 8.20. The summed E-state index contributed by atoms with van der Waals surface area (Å²) >= 11 is 0. The van der Waals surface area contributed by atoms with Gasteiger partial charge in [-0.05, 0) is 18.2 Å². The molecule has 0 fully saturated rings. The number of rotatable bonds is 6. The SMILES string of the molecule is COc1ccccc1CNC(=O)NCCN1C(=O)c2ccccc2C1=O. The van der Waals surface area contributed by atoms with Crippen molar-refractivity contribution in [3.8, 4) is 5.75 Å². The lowest BCUT2D eigenvalue weighted by Crippen LogP contribution is -2.41. The standard InChI is InChI=1S/C19H19N3O4/c1-26-16-9-5-2-6-13(16)12-21-19(25)20-10-11-22-17(23)14-7-3-4-8-15(14)18(22)24/h2-9H,10-12H2,1H3,(H2,20,21,25). The normalized spacial score (nSPS) is 12.7. The summed E-state index contributed by atoms with van der Waals surface area (Å²) in [6.07, 6.45) is 0. The fraction of sp³-hybridized carbons (Fsp3) is 0.211. The van der Waals surface area contributed by atoms with E-state index in [2.05, 4.69) is 10.6 Å². The topological polar surface area (TPSA) is 87.7 Å². The van der Waals surface area contributed by atoms with Crippen LogP contribution in [0.15, 0.2) is 48.5 Å². The molecule has 7 nitrogen and oxygen atoms in total. The first-order chi connectivity index (χ1) is 12.6. The molecule has 4 amide bonds. The number of nitrogens with one attached hydrogen (secondary N) is 2. The molecule has 1 aliphatic rings. The third-order valence-electron chi connectivity index (χ3n) is 4.13. The number of hydrogen-bond acceptors (Lipinski definition) is 4. The van der Waals surface area contributed by atoms with Crippen LogP contribution in [0.4, 0.5) is 4.79 Å². The molecule has 3 rings (SSSR count). The van der Waals surface area contributed by atoms with Crippen LogP contribution in [0.3, 0.4) is 0 Å². The summed E-state index contributed by atoms with van der Waals surface area (Å²) in [7, 11) is 1.57. The number of benzene rings is 2. The van der Waals surface area contributed by atoms with Gasteiger partial charge in [-0.1, -0.05) is 30.3 Å². The number of nitrogens with zero attached hydrogens (tertiary/aromatic N) is 1. The van der Waals surface area contributed by atoms with Gasteiger partial charge in [0.1, 0.15) is 5.75 Å². The Bertz CT molecular complexity index is 815. The van der Waals surface area contributed by atoms with Crippen LogP contribution >= 0.6 is 0 Å². The molecule has 7 heteroatoms. The van der Waals surface area contributed by atoms with Crippen LogP contribution in [-0.4, -0.2) is 42.9 Å². The van der Waals surface area contributed by atoms with E-state index in [0.29, 0.717) is 23.4 Å². The number of amides is 4. The smallest absolute Gasteiger partial charge is 0.315 e. The van der Waals surface area contributed by atoms with Gasteiger partial charge >= 0.3 is 6.03 Å². The second-order valence-electron chi connectivity index (χ2n) is 5.73. The number of urea groups is 1. The van der Waals surface area contributed by atoms with Crippen LogP contribution in [0.1, 0.15) is 26.3 Å². The molecule has 2 N–H and O–H groups in total. The van der Waals surface area contributed by atoms with Crippen molar-refractivity contribution in [1.29, 1.82) is 0 Å². The van der Waals surface area contributed by atoms with E-state index in [1.807, 2.05) is 24.3 Å². The molecule has 134 valence electrons. The van der Waals surface area contributed by atoms with Crippen LogP contribution in [-0.2, 0) is 6.54 Å². The summed E-state index contributed by atoms with van der Waals surface area (Å²) in [5, 5.41) is 5.37. The second kappa shape index (κ2) is 7.69. The van der Waals surface area contributed by atoms with E-state index in [9.17, 15) is 14.4 Å². The average Bonchev–Trinajstić information content (AvgIpc) is 2.91. The van der Waals surface area contributed by atoms with Gasteiger partial charge in [0, 0.05) is 25.2 Å². The number of ether oxygens (including phenoxy) is 1. The van der Waals surface area contributed by atoms with Crippen molar-refractivity contribution >= 4 is 17.8 Å². The summed E-state index contributed by atoms with van der Waals surface area (Å²) in [4.78, 5) is 37.5. The highest BCUT2D eigenvalue weighted by atomic mass is 16.5. The molecule has 1 aliphatic heterocycles. The number of para-hydroxylation sites is 1. The fourth-order valence-corrected chi connectivity index (χ4v) is 2.81. The van der Waals surface area contributed by atoms with Crippen molar-refractivity contribution in [2.75, 3.05) is 20.2 Å². The van der Waals surface area contributed by atoms with Gasteiger partial charge in [0.25, 0.3) is 11.8 Å². The van der Waals surface area contributed by atoms with Crippen molar-refractivity contribution in [1.82, 2.24) is 15.5 Å². The van der Waals surface area contributed by atoms with Gasteiger partial charge in [-0.2, -0.15) is 0 Å². The predicted molar refractivity (Wildman–Crippen MR) is 95.0 cm³/mol. The molecule has 26 heavy (non-hydrogen) atoms. The number of hydrogen-bond donors (Lipinski definition) is 2. The zero-order chi connectivity index (χ0) is 18.5. The van der Waals surface area contributed by atoms with E-state index >= 15 is 0 Å². The Morgan fingerprint density at radius 1 is 0.962 bits per heavy atom. The maximum absolute atomic E-state index is 12.2. The lowest BCUT2D eigenvalue weighted by atomic mass is 10.1. The Morgan fingerprint density at radius 3 is 2.23 bits per heavy atom. The Hall–Kier alpha value is -3.35. The Morgan fingerprint density at radius 2 is 1.58 bits per heavy atom. The monoisotopic (exact) mass is 353 g/mol. The largest absolute Gasteiger partial charge is 0.496 e. The van der Waals surface area contributed by atoms with Crippen molar-refractivity contribution < 1.29 is 19.1 Å².